The molecule has 0 aromatic rings. The molecule has 0 unspecified atom stereocenters. The zero-order valence-electron chi connectivity index (χ0n) is 11.2. The van der Waals surface area contributed by atoms with Gasteiger partial charge in [0.15, 0.2) is 0 Å². The van der Waals surface area contributed by atoms with E-state index < -0.39 is 0 Å². The van der Waals surface area contributed by atoms with E-state index >= 15 is 0 Å². The van der Waals surface area contributed by atoms with Crippen LogP contribution in [0.15, 0.2) is 0 Å². The van der Waals surface area contributed by atoms with Crippen molar-refractivity contribution in [3.05, 3.63) is 0 Å². The summed E-state index contributed by atoms with van der Waals surface area (Å²) in [6.45, 7) is 8.29. The van der Waals surface area contributed by atoms with Crippen molar-refractivity contribution in [1.82, 2.24) is 4.90 Å². The van der Waals surface area contributed by atoms with Crippen LogP contribution in [0, 0.1) is 10.8 Å². The van der Waals surface area contributed by atoms with Crippen LogP contribution in [0.3, 0.4) is 0 Å². The maximum absolute atomic E-state index is 11.9. The van der Waals surface area contributed by atoms with Crippen molar-refractivity contribution >= 4 is 11.8 Å². The maximum Gasteiger partial charge on any atom is 0.229 e. The lowest BCUT2D eigenvalue weighted by Crippen LogP contribution is -2.49. The van der Waals surface area contributed by atoms with Crippen LogP contribution >= 0.6 is 0 Å². The lowest BCUT2D eigenvalue weighted by atomic mass is 9.80. The van der Waals surface area contributed by atoms with Crippen LogP contribution in [-0.4, -0.2) is 35.0 Å². The number of carbonyl (C=O) groups is 2. The third-order valence-corrected chi connectivity index (χ3v) is 3.24. The van der Waals surface area contributed by atoms with Crippen LogP contribution in [-0.2, 0) is 9.59 Å². The van der Waals surface area contributed by atoms with Crippen LogP contribution in [0.4, 0.5) is 0 Å². The molecule has 0 atom stereocenters. The van der Waals surface area contributed by atoms with Crippen molar-refractivity contribution in [3.8, 4) is 0 Å². The van der Waals surface area contributed by atoms with Gasteiger partial charge < -0.3 is 5.11 Å². The largest absolute Gasteiger partial charge is 0.396 e. The van der Waals surface area contributed by atoms with Crippen LogP contribution in [0.1, 0.15) is 47.0 Å². The smallest absolute Gasteiger partial charge is 0.229 e. The number of aliphatic hydroxyl groups is 1. The van der Waals surface area contributed by atoms with Crippen molar-refractivity contribution < 1.29 is 14.7 Å². The highest BCUT2D eigenvalue weighted by Gasteiger charge is 2.39. The summed E-state index contributed by atoms with van der Waals surface area (Å²) in [7, 11) is 0. The minimum absolute atomic E-state index is 0.0781. The van der Waals surface area contributed by atoms with E-state index in [1.807, 2.05) is 27.7 Å². The van der Waals surface area contributed by atoms with Gasteiger partial charge in [-0.15, -0.1) is 0 Å². The molecule has 1 aliphatic heterocycles. The van der Waals surface area contributed by atoms with Gasteiger partial charge in [0.25, 0.3) is 0 Å². The summed E-state index contributed by atoms with van der Waals surface area (Å²) in [5.41, 5.74) is -0.437. The van der Waals surface area contributed by atoms with Crippen LogP contribution in [0.25, 0.3) is 0 Å². The van der Waals surface area contributed by atoms with Gasteiger partial charge >= 0.3 is 0 Å². The van der Waals surface area contributed by atoms with E-state index in [9.17, 15) is 9.59 Å². The predicted molar refractivity (Wildman–Crippen MR) is 65.2 cm³/mol. The van der Waals surface area contributed by atoms with Gasteiger partial charge in [0.2, 0.25) is 11.8 Å². The van der Waals surface area contributed by atoms with Gasteiger partial charge in [0.1, 0.15) is 0 Å². The Bertz CT molecular complexity index is 301. The lowest BCUT2D eigenvalue weighted by Gasteiger charge is -2.38. The number of rotatable bonds is 4. The minimum atomic E-state index is -0.221. The first kappa shape index (κ1) is 14.2. The molecule has 4 heteroatoms. The average molecular weight is 241 g/mol. The van der Waals surface area contributed by atoms with Crippen molar-refractivity contribution in [1.29, 1.82) is 0 Å². The SMILES string of the molecule is CC1(C)CC(=O)N(CC(C)(C)CCO)C(=O)C1. The van der Waals surface area contributed by atoms with Gasteiger partial charge in [-0.1, -0.05) is 27.7 Å². The first-order chi connectivity index (χ1) is 7.67. The molecule has 1 saturated heterocycles. The fourth-order valence-electron chi connectivity index (χ4n) is 2.20. The topological polar surface area (TPSA) is 57.6 Å². The summed E-state index contributed by atoms with van der Waals surface area (Å²) in [5, 5.41) is 8.96. The molecule has 0 spiro atoms. The van der Waals surface area contributed by atoms with Gasteiger partial charge in [0, 0.05) is 26.0 Å². The predicted octanol–water partition coefficient (Wildman–Crippen LogP) is 1.57. The minimum Gasteiger partial charge on any atom is -0.396 e. The highest BCUT2D eigenvalue weighted by molar-refractivity contribution is 5.98. The number of imide groups is 1. The molecule has 0 aliphatic carbocycles. The Morgan fingerprint density at radius 3 is 2.12 bits per heavy atom. The molecule has 98 valence electrons. The number of hydrogen-bond acceptors (Lipinski definition) is 3. The Kier molecular flexibility index (Phi) is 3.97. The monoisotopic (exact) mass is 241 g/mol. The molecule has 1 fully saturated rings. The number of piperidine rings is 1. The van der Waals surface area contributed by atoms with Crippen molar-refractivity contribution in [3.63, 3.8) is 0 Å². The maximum atomic E-state index is 11.9. The third-order valence-electron chi connectivity index (χ3n) is 3.24. The van der Waals surface area contributed by atoms with Crippen LogP contribution in [0.5, 0.6) is 0 Å². The molecular formula is C13H23NO3. The first-order valence-electron chi connectivity index (χ1n) is 6.11. The molecule has 17 heavy (non-hydrogen) atoms. The summed E-state index contributed by atoms with van der Waals surface area (Å²) in [6, 6.07) is 0. The summed E-state index contributed by atoms with van der Waals surface area (Å²) in [5.74, 6) is -0.172. The van der Waals surface area contributed by atoms with E-state index in [4.69, 9.17) is 5.11 Å². The Hall–Kier alpha value is -0.900. The number of carbonyl (C=O) groups excluding carboxylic acids is 2. The average Bonchev–Trinajstić information content (AvgIpc) is 2.10. The van der Waals surface area contributed by atoms with Crippen molar-refractivity contribution in [2.24, 2.45) is 10.8 Å². The van der Waals surface area contributed by atoms with Crippen molar-refractivity contribution in [2.75, 3.05) is 13.2 Å². The summed E-state index contributed by atoms with van der Waals surface area (Å²) in [6.07, 6.45) is 1.44. The Labute approximate surface area is 103 Å². The summed E-state index contributed by atoms with van der Waals surface area (Å²) >= 11 is 0. The Balaban J connectivity index is 2.72. The summed E-state index contributed by atoms with van der Waals surface area (Å²) < 4.78 is 0. The second-order valence-electron chi connectivity index (χ2n) is 6.53. The van der Waals surface area contributed by atoms with Gasteiger partial charge in [-0.2, -0.15) is 0 Å². The number of amides is 2. The molecule has 2 amide bonds. The fourth-order valence-corrected chi connectivity index (χ4v) is 2.20. The molecule has 1 N–H and O–H groups in total. The standard InChI is InChI=1S/C13H23NO3/c1-12(2,5-6-15)9-14-10(16)7-13(3,4)8-11(14)17/h15H,5-9H2,1-4H3. The van der Waals surface area contributed by atoms with Gasteiger partial charge in [-0.05, 0) is 17.3 Å². The molecule has 1 aliphatic rings. The van der Waals surface area contributed by atoms with Crippen LogP contribution in [0.2, 0.25) is 0 Å². The molecule has 1 heterocycles. The molecular weight excluding hydrogens is 218 g/mol. The zero-order chi connectivity index (χ0) is 13.3. The summed E-state index contributed by atoms with van der Waals surface area (Å²) in [4.78, 5) is 25.3. The molecule has 0 aromatic carbocycles. The van der Waals surface area contributed by atoms with E-state index in [0.29, 0.717) is 25.8 Å². The second kappa shape index (κ2) is 4.77. The lowest BCUT2D eigenvalue weighted by molar-refractivity contribution is -0.154. The number of hydrogen-bond donors (Lipinski definition) is 1. The number of nitrogens with zero attached hydrogens (tertiary/aromatic N) is 1. The van der Waals surface area contributed by atoms with Gasteiger partial charge in [0.05, 0.1) is 0 Å². The van der Waals surface area contributed by atoms with Crippen LogP contribution < -0.4 is 0 Å². The molecule has 0 radical (unpaired) electrons. The Morgan fingerprint density at radius 2 is 1.71 bits per heavy atom. The van der Waals surface area contributed by atoms with E-state index in [2.05, 4.69) is 0 Å². The highest BCUT2D eigenvalue weighted by atomic mass is 16.3. The quantitative estimate of drug-likeness (QED) is 0.760. The van der Waals surface area contributed by atoms with Gasteiger partial charge in [-0.25, -0.2) is 0 Å². The normalized spacial score (nSPS) is 20.9. The van der Waals surface area contributed by atoms with E-state index in [-0.39, 0.29) is 29.3 Å². The zero-order valence-corrected chi connectivity index (χ0v) is 11.2. The van der Waals surface area contributed by atoms with E-state index in [1.54, 1.807) is 0 Å². The number of likely N-dealkylation sites (tertiary alicyclic amines) is 1. The van der Waals surface area contributed by atoms with Gasteiger partial charge in [-0.3, -0.25) is 14.5 Å². The molecule has 1 rings (SSSR count). The molecule has 4 nitrogen and oxygen atoms in total. The molecule has 0 bridgehead atoms. The molecule has 0 aromatic heterocycles. The second-order valence-corrected chi connectivity index (χ2v) is 6.53. The molecule has 0 saturated carbocycles. The van der Waals surface area contributed by atoms with E-state index in [1.165, 1.54) is 4.90 Å². The highest BCUT2D eigenvalue weighted by Crippen LogP contribution is 2.33. The first-order valence-corrected chi connectivity index (χ1v) is 6.11. The fraction of sp³-hybridized carbons (Fsp3) is 0.846. The number of aliphatic hydroxyl groups excluding tert-OH is 1. The van der Waals surface area contributed by atoms with E-state index in [0.717, 1.165) is 0 Å². The van der Waals surface area contributed by atoms with Crippen molar-refractivity contribution in [2.45, 2.75) is 47.0 Å². The third kappa shape index (κ3) is 3.80. The Morgan fingerprint density at radius 1 is 1.24 bits per heavy atom.